The lowest BCUT2D eigenvalue weighted by Gasteiger charge is -2.44. The van der Waals surface area contributed by atoms with Crippen LogP contribution in [0.5, 0.6) is 0 Å². The van der Waals surface area contributed by atoms with Gasteiger partial charge in [0.05, 0.1) is 25.7 Å². The number of hydrogen-bond donors (Lipinski definition) is 0. The number of nitrogens with zero attached hydrogens (tertiary/aromatic N) is 2. The second kappa shape index (κ2) is 7.00. The minimum Gasteiger partial charge on any atom is -0.321 e. The van der Waals surface area contributed by atoms with Crippen molar-refractivity contribution in [3.8, 4) is 0 Å². The van der Waals surface area contributed by atoms with Crippen LogP contribution in [0.15, 0.2) is 0 Å². The van der Waals surface area contributed by atoms with E-state index in [0.717, 1.165) is 17.9 Å². The maximum atomic E-state index is 2.65. The maximum Gasteiger partial charge on any atom is 0.0890 e. The molecule has 0 amide bonds. The third-order valence-corrected chi connectivity index (χ3v) is 7.16. The Morgan fingerprint density at radius 2 is 1.62 bits per heavy atom. The molecule has 3 aliphatic rings. The zero-order chi connectivity index (χ0) is 14.7. The molecular weight excluding hydrogens is 256 g/mol. The third-order valence-electron chi connectivity index (χ3n) is 7.16. The van der Waals surface area contributed by atoms with E-state index in [1.807, 2.05) is 0 Å². The molecule has 1 aliphatic carbocycles. The molecule has 0 N–H and O–H groups in total. The lowest BCUT2D eigenvalue weighted by atomic mass is 9.79. The summed E-state index contributed by atoms with van der Waals surface area (Å²) < 4.78 is 1.49. The van der Waals surface area contributed by atoms with E-state index in [0.29, 0.717) is 0 Å². The van der Waals surface area contributed by atoms with Crippen LogP contribution in [0.1, 0.15) is 65.2 Å². The van der Waals surface area contributed by atoms with Crippen LogP contribution in [0.3, 0.4) is 0 Å². The fraction of sp³-hybridized carbons (Fsp3) is 1.00. The van der Waals surface area contributed by atoms with Crippen LogP contribution in [-0.2, 0) is 0 Å². The molecule has 0 aromatic rings. The number of hydrogen-bond acceptors (Lipinski definition) is 1. The molecule has 2 nitrogen and oxygen atoms in total. The Balaban J connectivity index is 1.45. The summed E-state index contributed by atoms with van der Waals surface area (Å²) in [4.78, 5) is 2.65. The molecular formula is C19H37N2+. The summed E-state index contributed by atoms with van der Waals surface area (Å²) in [7, 11) is 0. The Morgan fingerprint density at radius 3 is 2.19 bits per heavy atom. The minimum atomic E-state index is 1.02. The molecule has 2 heterocycles. The number of likely N-dealkylation sites (tertiary alicyclic amines) is 2. The lowest BCUT2D eigenvalue weighted by Crippen LogP contribution is -2.54. The van der Waals surface area contributed by atoms with Crippen molar-refractivity contribution in [3.63, 3.8) is 0 Å². The van der Waals surface area contributed by atoms with E-state index >= 15 is 0 Å². The van der Waals surface area contributed by atoms with Gasteiger partial charge < -0.3 is 9.38 Å². The summed E-state index contributed by atoms with van der Waals surface area (Å²) in [6, 6.07) is 1.02. The van der Waals surface area contributed by atoms with E-state index in [-0.39, 0.29) is 0 Å². The van der Waals surface area contributed by atoms with Crippen LogP contribution in [0.2, 0.25) is 0 Å². The fourth-order valence-corrected chi connectivity index (χ4v) is 5.70. The first-order valence-corrected chi connectivity index (χ1v) is 9.84. The van der Waals surface area contributed by atoms with Crippen molar-refractivity contribution in [2.24, 2.45) is 11.8 Å². The van der Waals surface area contributed by atoms with Crippen molar-refractivity contribution >= 4 is 0 Å². The van der Waals surface area contributed by atoms with E-state index in [9.17, 15) is 0 Å². The molecule has 0 aromatic carbocycles. The SMILES string of the molecule is CCN1CCC(CC2CCC([N+]3(CC)CCCC3)CC2)C1. The van der Waals surface area contributed by atoms with Gasteiger partial charge in [0.1, 0.15) is 0 Å². The van der Waals surface area contributed by atoms with Gasteiger partial charge in [-0.25, -0.2) is 0 Å². The van der Waals surface area contributed by atoms with Gasteiger partial charge in [-0.2, -0.15) is 0 Å². The average molecular weight is 294 g/mol. The van der Waals surface area contributed by atoms with Gasteiger partial charge in [0.2, 0.25) is 0 Å². The summed E-state index contributed by atoms with van der Waals surface area (Å²) in [6.45, 7) is 13.1. The fourth-order valence-electron chi connectivity index (χ4n) is 5.70. The van der Waals surface area contributed by atoms with E-state index in [1.165, 1.54) is 95.1 Å². The minimum absolute atomic E-state index is 1.02. The average Bonchev–Trinajstić information content (AvgIpc) is 3.17. The molecule has 1 saturated carbocycles. The molecule has 1 atom stereocenters. The summed E-state index contributed by atoms with van der Waals surface area (Å²) in [5.74, 6) is 2.08. The lowest BCUT2D eigenvalue weighted by molar-refractivity contribution is -0.940. The van der Waals surface area contributed by atoms with Gasteiger partial charge in [-0.3, -0.25) is 0 Å². The molecule has 2 aliphatic heterocycles. The van der Waals surface area contributed by atoms with E-state index in [4.69, 9.17) is 0 Å². The van der Waals surface area contributed by atoms with Gasteiger partial charge in [-0.1, -0.05) is 6.92 Å². The molecule has 21 heavy (non-hydrogen) atoms. The summed E-state index contributed by atoms with van der Waals surface area (Å²) >= 11 is 0. The van der Waals surface area contributed by atoms with Crippen molar-refractivity contribution in [2.45, 2.75) is 71.3 Å². The third kappa shape index (κ3) is 3.47. The van der Waals surface area contributed by atoms with Gasteiger partial charge in [-0.05, 0) is 70.4 Å². The predicted octanol–water partition coefficient (Wildman–Crippen LogP) is 3.91. The largest absolute Gasteiger partial charge is 0.321 e. The van der Waals surface area contributed by atoms with Gasteiger partial charge in [0.15, 0.2) is 0 Å². The summed E-state index contributed by atoms with van der Waals surface area (Å²) in [6.07, 6.45) is 12.1. The first-order chi connectivity index (χ1) is 10.3. The highest BCUT2D eigenvalue weighted by atomic mass is 15.4. The highest BCUT2D eigenvalue weighted by molar-refractivity contribution is 4.81. The molecule has 0 aromatic heterocycles. The molecule has 1 unspecified atom stereocenters. The number of rotatable bonds is 5. The molecule has 0 radical (unpaired) electrons. The van der Waals surface area contributed by atoms with Crippen LogP contribution in [0.4, 0.5) is 0 Å². The summed E-state index contributed by atoms with van der Waals surface area (Å²) in [5, 5.41) is 0. The zero-order valence-electron chi connectivity index (χ0n) is 14.5. The monoisotopic (exact) mass is 293 g/mol. The molecule has 122 valence electrons. The Morgan fingerprint density at radius 1 is 0.905 bits per heavy atom. The van der Waals surface area contributed by atoms with Crippen molar-refractivity contribution in [3.05, 3.63) is 0 Å². The van der Waals surface area contributed by atoms with E-state index in [2.05, 4.69) is 18.7 Å². The molecule has 3 fully saturated rings. The first kappa shape index (κ1) is 15.8. The molecule has 3 rings (SSSR count). The second-order valence-electron chi connectivity index (χ2n) is 8.15. The quantitative estimate of drug-likeness (QED) is 0.695. The maximum absolute atomic E-state index is 2.65. The van der Waals surface area contributed by atoms with Gasteiger partial charge in [0.25, 0.3) is 0 Å². The summed E-state index contributed by atoms with van der Waals surface area (Å²) in [5.41, 5.74) is 0. The molecule has 0 bridgehead atoms. The topological polar surface area (TPSA) is 3.24 Å². The zero-order valence-corrected chi connectivity index (χ0v) is 14.5. The Hall–Kier alpha value is -0.0800. The molecule has 2 saturated heterocycles. The van der Waals surface area contributed by atoms with Gasteiger partial charge >= 0.3 is 0 Å². The van der Waals surface area contributed by atoms with Crippen LogP contribution < -0.4 is 0 Å². The van der Waals surface area contributed by atoms with Crippen LogP contribution in [0.25, 0.3) is 0 Å². The number of quaternary nitrogens is 1. The van der Waals surface area contributed by atoms with Crippen molar-refractivity contribution < 1.29 is 4.48 Å². The van der Waals surface area contributed by atoms with E-state index < -0.39 is 0 Å². The highest BCUT2D eigenvalue weighted by Gasteiger charge is 2.40. The van der Waals surface area contributed by atoms with Gasteiger partial charge in [-0.15, -0.1) is 0 Å². The smallest absolute Gasteiger partial charge is 0.0890 e. The van der Waals surface area contributed by atoms with Crippen molar-refractivity contribution in [1.82, 2.24) is 4.90 Å². The normalized spacial score (nSPS) is 37.1. The first-order valence-electron chi connectivity index (χ1n) is 9.84. The second-order valence-corrected chi connectivity index (χ2v) is 8.15. The van der Waals surface area contributed by atoms with E-state index in [1.54, 1.807) is 0 Å². The Kier molecular flexibility index (Phi) is 5.27. The van der Waals surface area contributed by atoms with Crippen molar-refractivity contribution in [2.75, 3.05) is 39.3 Å². The van der Waals surface area contributed by atoms with Gasteiger partial charge in [0, 0.05) is 19.4 Å². The molecule has 0 spiro atoms. The standard InChI is InChI=1S/C19H37N2/c1-3-20-12-11-18(16-20)15-17-7-9-19(10-8-17)21(4-2)13-5-6-14-21/h17-19H,3-16H2,1-2H3/q+1. The molecule has 2 heteroatoms. The predicted molar refractivity (Wildman–Crippen MR) is 90.4 cm³/mol. The van der Waals surface area contributed by atoms with Crippen LogP contribution in [0, 0.1) is 11.8 Å². The highest BCUT2D eigenvalue weighted by Crippen LogP contribution is 2.38. The Bertz CT molecular complexity index is 314. The van der Waals surface area contributed by atoms with Crippen molar-refractivity contribution in [1.29, 1.82) is 0 Å². The van der Waals surface area contributed by atoms with Crippen LogP contribution >= 0.6 is 0 Å². The van der Waals surface area contributed by atoms with Crippen LogP contribution in [-0.4, -0.2) is 54.7 Å². The Labute approximate surface area is 132 Å².